The minimum absolute atomic E-state index is 0. The van der Waals surface area contributed by atoms with Gasteiger partial charge in [0.2, 0.25) is 0 Å². The first-order valence-corrected chi connectivity index (χ1v) is 21.2. The summed E-state index contributed by atoms with van der Waals surface area (Å²) in [6, 6.07) is 30.5. The molecular formula is C58H60N3OPt-. The van der Waals surface area contributed by atoms with Crippen LogP contribution in [0.1, 0.15) is 116 Å². The SMILES string of the molecule is [2H]c1nc(-c2[c-]c(-c3cccc4c3nc(-c3cc(C(C)(C)C)cc(C(C)(C)C)c3O)n4-c3ccc(-c4ccccc4)c(C(C)(C)C)c3)cc(C(C)(C)C)c2)c([2H])c(-c2c([2H])c([2H])c([2H])c([2H])c2[2H])c1[2H].[Pt]. The summed E-state index contributed by atoms with van der Waals surface area (Å²) in [5.41, 5.74) is 8.43. The van der Waals surface area contributed by atoms with Crippen LogP contribution in [-0.2, 0) is 42.7 Å². The molecule has 0 radical (unpaired) electrons. The predicted octanol–water partition coefficient (Wildman–Crippen LogP) is 15.4. The number of phenolic OH excluding ortho intramolecular Hbond substituents is 1. The average molecular weight is 1020 g/mol. The molecule has 0 amide bonds. The van der Waals surface area contributed by atoms with E-state index in [4.69, 9.17) is 14.6 Å². The van der Waals surface area contributed by atoms with Gasteiger partial charge in [-0.05, 0) is 85.3 Å². The maximum Gasteiger partial charge on any atom is 0.148 e. The molecule has 0 spiro atoms. The van der Waals surface area contributed by atoms with Gasteiger partial charge < -0.3 is 5.11 Å². The van der Waals surface area contributed by atoms with Gasteiger partial charge in [-0.3, -0.25) is 9.55 Å². The monoisotopic (exact) mass is 1020 g/mol. The Hall–Kier alpha value is -5.57. The summed E-state index contributed by atoms with van der Waals surface area (Å²) in [4.78, 5) is 9.98. The Bertz CT molecular complexity index is 3380. The molecule has 1 N–H and O–H groups in total. The van der Waals surface area contributed by atoms with Crippen LogP contribution >= 0.6 is 0 Å². The zero-order chi connectivity index (χ0) is 51.3. The Morgan fingerprint density at radius 1 is 0.571 bits per heavy atom. The smallest absolute Gasteiger partial charge is 0.148 e. The third-order valence-electron chi connectivity index (χ3n) is 11.5. The van der Waals surface area contributed by atoms with Crippen LogP contribution in [0, 0.1) is 6.07 Å². The summed E-state index contributed by atoms with van der Waals surface area (Å²) in [5.74, 6) is 0.687. The van der Waals surface area contributed by atoms with E-state index < -0.39 is 53.3 Å². The fraction of sp³-hybridized carbons (Fsp3) is 0.276. The van der Waals surface area contributed by atoms with Gasteiger partial charge in [-0.25, -0.2) is 4.98 Å². The molecule has 2 heterocycles. The minimum atomic E-state index is -0.606. The number of hydrogen-bond donors (Lipinski definition) is 1. The molecule has 324 valence electrons. The summed E-state index contributed by atoms with van der Waals surface area (Å²) in [5, 5.41) is 12.5. The molecule has 4 nitrogen and oxygen atoms in total. The summed E-state index contributed by atoms with van der Waals surface area (Å²) < 4.78 is 71.7. The maximum atomic E-state index is 12.5. The molecular weight excluding hydrogens is 950 g/mol. The van der Waals surface area contributed by atoms with Crippen molar-refractivity contribution in [3.05, 3.63) is 168 Å². The van der Waals surface area contributed by atoms with E-state index in [0.29, 0.717) is 33.6 Å². The van der Waals surface area contributed by atoms with Gasteiger partial charge in [0, 0.05) is 44.2 Å². The molecule has 8 rings (SSSR count). The second-order valence-electron chi connectivity index (χ2n) is 20.4. The summed E-state index contributed by atoms with van der Waals surface area (Å²) >= 11 is 0. The number of rotatable bonds is 6. The second-order valence-corrected chi connectivity index (χ2v) is 20.4. The van der Waals surface area contributed by atoms with Crippen molar-refractivity contribution in [1.29, 1.82) is 0 Å². The topological polar surface area (TPSA) is 50.9 Å². The average Bonchev–Trinajstić information content (AvgIpc) is 3.68. The Morgan fingerprint density at radius 2 is 1.22 bits per heavy atom. The summed E-state index contributed by atoms with van der Waals surface area (Å²) in [6.07, 6.45) is -0.519. The van der Waals surface area contributed by atoms with Crippen molar-refractivity contribution in [2.45, 2.75) is 105 Å². The van der Waals surface area contributed by atoms with Crippen LogP contribution in [0.5, 0.6) is 5.75 Å². The van der Waals surface area contributed by atoms with Gasteiger partial charge in [0.25, 0.3) is 0 Å². The van der Waals surface area contributed by atoms with Crippen LogP contribution in [0.4, 0.5) is 0 Å². The van der Waals surface area contributed by atoms with Gasteiger partial charge in [-0.1, -0.05) is 185 Å². The number of para-hydroxylation sites is 1. The number of fused-ring (bicyclic) bond motifs is 1. The molecule has 8 aromatic rings. The summed E-state index contributed by atoms with van der Waals surface area (Å²) in [7, 11) is 0. The molecule has 0 saturated carbocycles. The number of phenols is 1. The van der Waals surface area contributed by atoms with Crippen molar-refractivity contribution < 1.29 is 37.1 Å². The summed E-state index contributed by atoms with van der Waals surface area (Å²) in [6.45, 7) is 25.6. The molecule has 0 saturated heterocycles. The number of hydrogen-bond acceptors (Lipinski definition) is 3. The first kappa shape index (κ1) is 35.8. The Labute approximate surface area is 401 Å². The van der Waals surface area contributed by atoms with Crippen LogP contribution < -0.4 is 0 Å². The fourth-order valence-electron chi connectivity index (χ4n) is 7.95. The Balaban J connectivity index is 0.00000741. The van der Waals surface area contributed by atoms with Crippen LogP contribution in [0.3, 0.4) is 0 Å². The molecule has 6 aromatic carbocycles. The standard InChI is InChI=1S/C58H60N3O.Pt/c1-55(2,3)42-31-40(30-41(32-42)50-33-39(28-29-59-50)37-20-15-13-16-21-37)46-24-19-25-51-52(46)60-54(47-34-43(56(4,5)6)35-49(53(47)62)58(10,11)12)61(51)44-26-27-45(38-22-17-14-18-23-38)48(36-44)57(7,8)9;/h13-29,31-36,62H,1-12H3;/q-1;/i13D,15D,16D,20D,21D,28D,29D,33D;. The molecule has 2 aromatic heterocycles. The molecule has 0 unspecified atom stereocenters. The van der Waals surface area contributed by atoms with Crippen molar-refractivity contribution in [3.63, 3.8) is 0 Å². The third kappa shape index (κ3) is 9.11. The molecule has 0 aliphatic rings. The van der Waals surface area contributed by atoms with Gasteiger partial charge in [-0.15, -0.1) is 29.3 Å². The van der Waals surface area contributed by atoms with Gasteiger partial charge in [0.1, 0.15) is 11.6 Å². The molecule has 5 heteroatoms. The number of aromatic hydroxyl groups is 1. The fourth-order valence-corrected chi connectivity index (χ4v) is 7.95. The molecule has 0 bridgehead atoms. The number of benzene rings is 6. The van der Waals surface area contributed by atoms with Crippen LogP contribution in [0.2, 0.25) is 0 Å². The van der Waals surface area contributed by atoms with E-state index in [9.17, 15) is 6.48 Å². The van der Waals surface area contributed by atoms with E-state index in [2.05, 4.69) is 141 Å². The van der Waals surface area contributed by atoms with Gasteiger partial charge in [0.15, 0.2) is 0 Å². The van der Waals surface area contributed by atoms with E-state index in [1.807, 2.05) is 48.5 Å². The Morgan fingerprint density at radius 3 is 1.87 bits per heavy atom. The zero-order valence-corrected chi connectivity index (χ0v) is 40.5. The maximum absolute atomic E-state index is 12.5. The molecule has 0 fully saturated rings. The van der Waals surface area contributed by atoms with Crippen molar-refractivity contribution in [1.82, 2.24) is 14.5 Å². The van der Waals surface area contributed by atoms with E-state index in [1.165, 1.54) is 0 Å². The predicted molar refractivity (Wildman–Crippen MR) is 261 cm³/mol. The first-order chi connectivity index (χ1) is 32.5. The zero-order valence-electron chi connectivity index (χ0n) is 46.3. The van der Waals surface area contributed by atoms with Crippen LogP contribution in [0.15, 0.2) is 139 Å². The quantitative estimate of drug-likeness (QED) is 0.169. The first-order valence-electron chi connectivity index (χ1n) is 25.2. The van der Waals surface area contributed by atoms with Crippen molar-refractivity contribution >= 4 is 11.0 Å². The van der Waals surface area contributed by atoms with E-state index in [1.54, 1.807) is 0 Å². The Kier molecular flexibility index (Phi) is 9.59. The number of pyridine rings is 1. The minimum Gasteiger partial charge on any atom is -0.507 e. The number of aromatic nitrogens is 3. The third-order valence-corrected chi connectivity index (χ3v) is 11.5. The van der Waals surface area contributed by atoms with Gasteiger partial charge in [-0.2, -0.15) is 0 Å². The van der Waals surface area contributed by atoms with Gasteiger partial charge in [0.05, 0.1) is 27.6 Å². The van der Waals surface area contributed by atoms with E-state index in [0.717, 1.165) is 44.6 Å². The molecule has 63 heavy (non-hydrogen) atoms. The second kappa shape index (κ2) is 16.9. The number of imidazole rings is 1. The normalized spacial score (nSPS) is 14.2. The van der Waals surface area contributed by atoms with E-state index >= 15 is 0 Å². The van der Waals surface area contributed by atoms with Crippen LogP contribution in [-0.4, -0.2) is 19.6 Å². The van der Waals surface area contributed by atoms with E-state index in [-0.39, 0.29) is 60.5 Å². The number of nitrogens with zero attached hydrogens (tertiary/aromatic N) is 3. The largest absolute Gasteiger partial charge is 0.507 e. The molecule has 0 atom stereocenters. The van der Waals surface area contributed by atoms with Crippen molar-refractivity contribution in [2.75, 3.05) is 0 Å². The van der Waals surface area contributed by atoms with Crippen LogP contribution in [0.25, 0.3) is 72.7 Å². The molecule has 0 aliphatic heterocycles. The van der Waals surface area contributed by atoms with Gasteiger partial charge >= 0.3 is 0 Å². The van der Waals surface area contributed by atoms with Crippen molar-refractivity contribution in [3.8, 4) is 67.5 Å². The molecule has 0 aliphatic carbocycles. The van der Waals surface area contributed by atoms with Crippen molar-refractivity contribution in [2.24, 2.45) is 0 Å².